The minimum atomic E-state index is -0.364. The van der Waals surface area contributed by atoms with Gasteiger partial charge in [0.2, 0.25) is 0 Å². The molecule has 0 unspecified atom stereocenters. The van der Waals surface area contributed by atoms with Crippen LogP contribution >= 0.6 is 24.0 Å². The maximum absolute atomic E-state index is 11.4. The molecule has 0 aromatic heterocycles. The van der Waals surface area contributed by atoms with Crippen LogP contribution in [0.3, 0.4) is 0 Å². The van der Waals surface area contributed by atoms with Crippen molar-refractivity contribution in [2.75, 3.05) is 0 Å². The van der Waals surface area contributed by atoms with Crippen molar-refractivity contribution in [2.24, 2.45) is 0 Å². The monoisotopic (exact) mass is 279 g/mol. The predicted octanol–water partition coefficient (Wildman–Crippen LogP) is 2.10. The number of esters is 1. The van der Waals surface area contributed by atoms with Gasteiger partial charge in [-0.15, -0.1) is 0 Å². The maximum Gasteiger partial charge on any atom is 0.308 e. The van der Waals surface area contributed by atoms with Crippen molar-refractivity contribution >= 4 is 46.3 Å². The van der Waals surface area contributed by atoms with Gasteiger partial charge in [0, 0.05) is 6.92 Å². The Hall–Kier alpha value is -1.66. The molecule has 1 aromatic carbocycles. The molecular formula is C12H9NO3S2. The van der Waals surface area contributed by atoms with E-state index in [9.17, 15) is 9.59 Å². The van der Waals surface area contributed by atoms with Crippen LogP contribution in [0, 0.1) is 0 Å². The molecule has 0 radical (unpaired) electrons. The van der Waals surface area contributed by atoms with E-state index in [0.29, 0.717) is 15.0 Å². The van der Waals surface area contributed by atoms with Gasteiger partial charge >= 0.3 is 5.97 Å². The average Bonchev–Trinajstić information content (AvgIpc) is 2.59. The molecule has 0 aliphatic carbocycles. The molecule has 0 atom stereocenters. The van der Waals surface area contributed by atoms with Gasteiger partial charge in [-0.2, -0.15) is 0 Å². The van der Waals surface area contributed by atoms with Crippen molar-refractivity contribution in [1.82, 2.24) is 5.32 Å². The van der Waals surface area contributed by atoms with Crippen molar-refractivity contribution in [3.8, 4) is 5.75 Å². The molecule has 1 saturated heterocycles. The van der Waals surface area contributed by atoms with Crippen LogP contribution in [0.15, 0.2) is 29.2 Å². The number of amides is 1. The first kappa shape index (κ1) is 12.8. The molecule has 1 heterocycles. The Bertz CT molecular complexity index is 549. The fourth-order valence-electron chi connectivity index (χ4n) is 1.37. The number of hydrogen-bond donors (Lipinski definition) is 1. The van der Waals surface area contributed by atoms with Crippen LogP contribution in [0.1, 0.15) is 12.5 Å². The molecule has 1 aliphatic heterocycles. The summed E-state index contributed by atoms with van der Waals surface area (Å²) in [5.41, 5.74) is 0.841. The van der Waals surface area contributed by atoms with Gasteiger partial charge in [-0.05, 0) is 23.8 Å². The molecule has 0 bridgehead atoms. The highest BCUT2D eigenvalue weighted by Gasteiger charge is 2.21. The standard InChI is InChI=1S/C12H9NO3S2/c1-7(14)16-9-4-2-8(3-5-9)6-10-11(15)13-12(17)18-10/h2-6H,1H3,(H,13,15,17)/b10-6+. The lowest BCUT2D eigenvalue weighted by Gasteiger charge is -2.01. The minimum Gasteiger partial charge on any atom is -0.427 e. The third kappa shape index (κ3) is 3.18. The highest BCUT2D eigenvalue weighted by atomic mass is 32.2. The fourth-order valence-corrected chi connectivity index (χ4v) is 2.41. The van der Waals surface area contributed by atoms with Gasteiger partial charge in [-0.3, -0.25) is 9.59 Å². The second-order valence-corrected chi connectivity index (χ2v) is 5.23. The third-order valence-electron chi connectivity index (χ3n) is 2.08. The van der Waals surface area contributed by atoms with E-state index in [1.54, 1.807) is 30.3 Å². The van der Waals surface area contributed by atoms with Gasteiger partial charge in [0.15, 0.2) is 0 Å². The molecule has 0 saturated carbocycles. The van der Waals surface area contributed by atoms with E-state index >= 15 is 0 Å². The molecule has 92 valence electrons. The number of thiocarbonyl (C=S) groups is 1. The van der Waals surface area contributed by atoms with Gasteiger partial charge in [0.05, 0.1) is 4.91 Å². The highest BCUT2D eigenvalue weighted by Crippen LogP contribution is 2.26. The number of nitrogens with one attached hydrogen (secondary N) is 1. The molecule has 1 aliphatic rings. The van der Waals surface area contributed by atoms with E-state index < -0.39 is 0 Å². The minimum absolute atomic E-state index is 0.186. The molecule has 1 fully saturated rings. The van der Waals surface area contributed by atoms with E-state index in [1.165, 1.54) is 18.7 Å². The van der Waals surface area contributed by atoms with E-state index in [4.69, 9.17) is 17.0 Å². The summed E-state index contributed by atoms with van der Waals surface area (Å²) in [6.45, 7) is 1.34. The van der Waals surface area contributed by atoms with Gasteiger partial charge in [-0.1, -0.05) is 36.1 Å². The first-order valence-corrected chi connectivity index (χ1v) is 6.30. The Morgan fingerprint density at radius 2 is 2.06 bits per heavy atom. The van der Waals surface area contributed by atoms with Gasteiger partial charge in [0.1, 0.15) is 10.1 Å². The molecular weight excluding hydrogens is 270 g/mol. The molecule has 4 nitrogen and oxygen atoms in total. The first-order valence-electron chi connectivity index (χ1n) is 5.08. The number of ether oxygens (including phenoxy) is 1. The maximum atomic E-state index is 11.4. The number of carbonyl (C=O) groups is 2. The normalized spacial score (nSPS) is 16.8. The average molecular weight is 279 g/mol. The molecule has 6 heteroatoms. The summed E-state index contributed by atoms with van der Waals surface area (Å²) in [7, 11) is 0. The second kappa shape index (κ2) is 5.32. The Morgan fingerprint density at radius 1 is 1.39 bits per heavy atom. The van der Waals surface area contributed by atoms with Crippen molar-refractivity contribution < 1.29 is 14.3 Å². The van der Waals surface area contributed by atoms with E-state index in [2.05, 4.69) is 5.32 Å². The SMILES string of the molecule is CC(=O)Oc1ccc(/C=C2/SC(=S)NC2=O)cc1. The lowest BCUT2D eigenvalue weighted by molar-refractivity contribution is -0.131. The summed E-state index contributed by atoms with van der Waals surface area (Å²) >= 11 is 6.12. The van der Waals surface area contributed by atoms with Crippen LogP contribution in [-0.4, -0.2) is 16.2 Å². The van der Waals surface area contributed by atoms with Gasteiger partial charge in [0.25, 0.3) is 5.91 Å². The quantitative estimate of drug-likeness (QED) is 0.389. The zero-order valence-corrected chi connectivity index (χ0v) is 11.1. The zero-order chi connectivity index (χ0) is 13.1. The van der Waals surface area contributed by atoms with Crippen molar-refractivity contribution in [1.29, 1.82) is 0 Å². The van der Waals surface area contributed by atoms with Gasteiger partial charge in [-0.25, -0.2) is 0 Å². The Labute approximate surface area is 113 Å². The Kier molecular flexibility index (Phi) is 3.78. The number of rotatable bonds is 2. The molecule has 18 heavy (non-hydrogen) atoms. The summed E-state index contributed by atoms with van der Waals surface area (Å²) < 4.78 is 5.37. The Morgan fingerprint density at radius 3 is 2.56 bits per heavy atom. The smallest absolute Gasteiger partial charge is 0.308 e. The van der Waals surface area contributed by atoms with E-state index in [-0.39, 0.29) is 11.9 Å². The lowest BCUT2D eigenvalue weighted by Crippen LogP contribution is -2.17. The molecule has 1 aromatic rings. The number of thioether (sulfide) groups is 1. The zero-order valence-electron chi connectivity index (χ0n) is 9.43. The van der Waals surface area contributed by atoms with Crippen LogP contribution < -0.4 is 10.1 Å². The molecule has 2 rings (SSSR count). The number of benzene rings is 1. The van der Waals surface area contributed by atoms with E-state index in [1.807, 2.05) is 0 Å². The van der Waals surface area contributed by atoms with Crippen LogP contribution in [-0.2, 0) is 9.59 Å². The number of carbonyl (C=O) groups excluding carboxylic acids is 2. The summed E-state index contributed by atoms with van der Waals surface area (Å²) in [4.78, 5) is 22.8. The lowest BCUT2D eigenvalue weighted by atomic mass is 10.2. The summed E-state index contributed by atoms with van der Waals surface area (Å²) in [6, 6.07) is 6.87. The second-order valence-electron chi connectivity index (χ2n) is 3.51. The topological polar surface area (TPSA) is 55.4 Å². The van der Waals surface area contributed by atoms with Crippen molar-refractivity contribution in [3.63, 3.8) is 0 Å². The van der Waals surface area contributed by atoms with Crippen LogP contribution in [0.2, 0.25) is 0 Å². The van der Waals surface area contributed by atoms with Crippen LogP contribution in [0.4, 0.5) is 0 Å². The third-order valence-corrected chi connectivity index (χ3v) is 3.24. The van der Waals surface area contributed by atoms with Crippen LogP contribution in [0.5, 0.6) is 5.75 Å². The van der Waals surface area contributed by atoms with Gasteiger partial charge < -0.3 is 10.1 Å². The molecule has 0 spiro atoms. The van der Waals surface area contributed by atoms with E-state index in [0.717, 1.165) is 5.56 Å². The molecule has 1 N–H and O–H groups in total. The predicted molar refractivity (Wildman–Crippen MR) is 74.1 cm³/mol. The summed E-state index contributed by atoms with van der Waals surface area (Å²) in [6.07, 6.45) is 1.73. The van der Waals surface area contributed by atoms with Crippen LogP contribution in [0.25, 0.3) is 6.08 Å². The number of hydrogen-bond acceptors (Lipinski definition) is 5. The highest BCUT2D eigenvalue weighted by molar-refractivity contribution is 8.26. The molecule has 1 amide bonds. The van der Waals surface area contributed by atoms with Crippen molar-refractivity contribution in [3.05, 3.63) is 34.7 Å². The summed E-state index contributed by atoms with van der Waals surface area (Å²) in [5, 5.41) is 2.54. The fraction of sp³-hybridized carbons (Fsp3) is 0.0833. The Balaban J connectivity index is 2.15. The summed E-state index contributed by atoms with van der Waals surface area (Å²) in [5.74, 6) is -0.0741. The van der Waals surface area contributed by atoms with Crippen molar-refractivity contribution in [2.45, 2.75) is 6.92 Å². The first-order chi connectivity index (χ1) is 8.54. The largest absolute Gasteiger partial charge is 0.427 e.